The van der Waals surface area contributed by atoms with Gasteiger partial charge in [0.05, 0.1) is 0 Å². The first kappa shape index (κ1) is 15.5. The molecule has 1 unspecified atom stereocenters. The molecule has 2 heterocycles. The van der Waals surface area contributed by atoms with Gasteiger partial charge in [-0.15, -0.1) is 11.3 Å². The van der Waals surface area contributed by atoms with Gasteiger partial charge in [-0.05, 0) is 43.8 Å². The van der Waals surface area contributed by atoms with Gasteiger partial charge in [0.1, 0.15) is 0 Å². The van der Waals surface area contributed by atoms with Crippen LogP contribution in [0.15, 0.2) is 17.5 Å². The molecule has 112 valence electrons. The Bertz CT molecular complexity index is 414. The van der Waals surface area contributed by atoms with Gasteiger partial charge in [0.25, 0.3) is 0 Å². The van der Waals surface area contributed by atoms with Crippen molar-refractivity contribution in [2.75, 3.05) is 26.2 Å². The maximum atomic E-state index is 12.3. The molecule has 1 aromatic heterocycles. The highest BCUT2D eigenvalue weighted by Gasteiger charge is 2.34. The summed E-state index contributed by atoms with van der Waals surface area (Å²) in [4.78, 5) is 13.6. The van der Waals surface area contributed by atoms with Crippen LogP contribution in [0, 0.1) is 11.3 Å². The van der Waals surface area contributed by atoms with E-state index >= 15 is 0 Å². The van der Waals surface area contributed by atoms with Crippen LogP contribution < -0.4 is 10.6 Å². The topological polar surface area (TPSA) is 61.4 Å². The molecule has 3 N–H and O–H groups in total. The zero-order chi connectivity index (χ0) is 14.4. The monoisotopic (exact) mass is 296 g/mol. The molecule has 0 spiro atoms. The van der Waals surface area contributed by atoms with E-state index in [0.717, 1.165) is 32.4 Å². The number of carbonyl (C=O) groups is 1. The summed E-state index contributed by atoms with van der Waals surface area (Å²) in [6.07, 6.45) is 2.59. The van der Waals surface area contributed by atoms with E-state index in [1.807, 2.05) is 18.4 Å². The van der Waals surface area contributed by atoms with E-state index in [0.29, 0.717) is 6.54 Å². The lowest BCUT2D eigenvalue weighted by Crippen LogP contribution is -2.47. The summed E-state index contributed by atoms with van der Waals surface area (Å²) in [5.74, 6) is 0.228. The van der Waals surface area contributed by atoms with Crippen molar-refractivity contribution in [2.24, 2.45) is 11.3 Å². The lowest BCUT2D eigenvalue weighted by atomic mass is 9.80. The second-order valence-corrected chi connectivity index (χ2v) is 6.89. The molecule has 0 aliphatic carbocycles. The summed E-state index contributed by atoms with van der Waals surface area (Å²) in [6, 6.07) is 4.09. The lowest BCUT2D eigenvalue weighted by molar-refractivity contribution is -0.131. The molecule has 1 fully saturated rings. The van der Waals surface area contributed by atoms with E-state index in [4.69, 9.17) is 0 Å². The normalized spacial score (nSPS) is 19.5. The molecule has 0 radical (unpaired) electrons. The van der Waals surface area contributed by atoms with Gasteiger partial charge in [-0.1, -0.05) is 13.0 Å². The summed E-state index contributed by atoms with van der Waals surface area (Å²) in [5.41, 5.74) is -0.256. The highest BCUT2D eigenvalue weighted by atomic mass is 32.1. The van der Waals surface area contributed by atoms with E-state index < -0.39 is 0 Å². The molecule has 1 aromatic rings. The predicted molar refractivity (Wildman–Crippen MR) is 81.8 cm³/mol. The van der Waals surface area contributed by atoms with Crippen LogP contribution in [0.1, 0.15) is 24.6 Å². The first-order valence-electron chi connectivity index (χ1n) is 7.26. The smallest absolute Gasteiger partial charge is 0.226 e. The fourth-order valence-corrected chi connectivity index (χ4v) is 3.39. The maximum absolute atomic E-state index is 12.3. The van der Waals surface area contributed by atoms with Crippen molar-refractivity contribution in [1.82, 2.24) is 10.6 Å². The molecule has 0 saturated carbocycles. The summed E-state index contributed by atoms with van der Waals surface area (Å²) < 4.78 is 0. The number of aliphatic hydroxyl groups is 1. The summed E-state index contributed by atoms with van der Waals surface area (Å²) in [7, 11) is 0. The van der Waals surface area contributed by atoms with Crippen LogP contribution >= 0.6 is 11.3 Å². The SMILES string of the molecule is CC1(C(=O)NCC(CO)Cc2cccs2)CCNCC1. The third-order valence-electron chi connectivity index (χ3n) is 4.13. The molecule has 20 heavy (non-hydrogen) atoms. The molecule has 1 atom stereocenters. The first-order chi connectivity index (χ1) is 9.64. The van der Waals surface area contributed by atoms with Gasteiger partial charge in [0.2, 0.25) is 5.91 Å². The number of carbonyl (C=O) groups excluding carboxylic acids is 1. The molecular weight excluding hydrogens is 272 g/mol. The molecule has 2 rings (SSSR count). The van der Waals surface area contributed by atoms with Gasteiger partial charge in [-0.2, -0.15) is 0 Å². The molecular formula is C15H24N2O2S. The summed E-state index contributed by atoms with van der Waals surface area (Å²) >= 11 is 1.70. The highest BCUT2D eigenvalue weighted by molar-refractivity contribution is 7.09. The molecule has 1 aliphatic heterocycles. The zero-order valence-electron chi connectivity index (χ0n) is 12.0. The van der Waals surface area contributed by atoms with E-state index in [9.17, 15) is 9.90 Å². The van der Waals surface area contributed by atoms with E-state index in [2.05, 4.69) is 16.7 Å². The third-order valence-corrected chi connectivity index (χ3v) is 5.03. The molecule has 0 aromatic carbocycles. The van der Waals surface area contributed by atoms with Crippen LogP contribution in [0.4, 0.5) is 0 Å². The van der Waals surface area contributed by atoms with Gasteiger partial charge in [0.15, 0.2) is 0 Å². The van der Waals surface area contributed by atoms with Gasteiger partial charge in [-0.25, -0.2) is 0 Å². The van der Waals surface area contributed by atoms with Crippen LogP contribution in [-0.2, 0) is 11.2 Å². The minimum Gasteiger partial charge on any atom is -0.396 e. The molecule has 4 nitrogen and oxygen atoms in total. The average Bonchev–Trinajstić information content (AvgIpc) is 2.96. The van der Waals surface area contributed by atoms with E-state index in [1.165, 1.54) is 4.88 Å². The molecule has 5 heteroatoms. The van der Waals surface area contributed by atoms with Crippen LogP contribution in [0.5, 0.6) is 0 Å². The third kappa shape index (κ3) is 4.04. The second kappa shape index (κ2) is 7.20. The number of nitrogens with one attached hydrogen (secondary N) is 2. The fourth-order valence-electron chi connectivity index (χ4n) is 2.57. The number of hydrogen-bond acceptors (Lipinski definition) is 4. The van der Waals surface area contributed by atoms with Gasteiger partial charge < -0.3 is 15.7 Å². The van der Waals surface area contributed by atoms with Crippen molar-refractivity contribution in [3.63, 3.8) is 0 Å². The standard InChI is InChI=1S/C15H24N2O2S/c1-15(4-6-16-7-5-15)14(19)17-10-12(11-18)9-13-3-2-8-20-13/h2-3,8,12,16,18H,4-7,9-11H2,1H3,(H,17,19). The Morgan fingerprint density at radius 1 is 1.55 bits per heavy atom. The molecule has 1 saturated heterocycles. The van der Waals surface area contributed by atoms with Crippen molar-refractivity contribution >= 4 is 17.2 Å². The van der Waals surface area contributed by atoms with Crippen LogP contribution in [-0.4, -0.2) is 37.3 Å². The van der Waals surface area contributed by atoms with Gasteiger partial charge in [0, 0.05) is 29.4 Å². The Morgan fingerprint density at radius 3 is 2.90 bits per heavy atom. The van der Waals surface area contributed by atoms with Gasteiger partial charge in [-0.3, -0.25) is 4.79 Å². The highest BCUT2D eigenvalue weighted by Crippen LogP contribution is 2.28. The Hall–Kier alpha value is -0.910. The summed E-state index contributed by atoms with van der Waals surface area (Å²) in [6.45, 7) is 4.51. The predicted octanol–water partition coefficient (Wildman–Crippen LogP) is 1.40. The van der Waals surface area contributed by atoms with E-state index in [1.54, 1.807) is 11.3 Å². The Labute approximate surface area is 124 Å². The number of piperidine rings is 1. The molecule has 1 amide bonds. The van der Waals surface area contributed by atoms with Crippen molar-refractivity contribution < 1.29 is 9.90 Å². The Kier molecular flexibility index (Phi) is 5.57. The summed E-state index contributed by atoms with van der Waals surface area (Å²) in [5, 5.41) is 17.8. The first-order valence-corrected chi connectivity index (χ1v) is 8.14. The minimum atomic E-state index is -0.256. The van der Waals surface area contributed by atoms with Gasteiger partial charge >= 0.3 is 0 Å². The zero-order valence-corrected chi connectivity index (χ0v) is 12.8. The quantitative estimate of drug-likeness (QED) is 0.744. The lowest BCUT2D eigenvalue weighted by Gasteiger charge is -2.33. The van der Waals surface area contributed by atoms with Crippen molar-refractivity contribution in [1.29, 1.82) is 0 Å². The van der Waals surface area contributed by atoms with Crippen molar-refractivity contribution in [3.05, 3.63) is 22.4 Å². The largest absolute Gasteiger partial charge is 0.396 e. The number of thiophene rings is 1. The van der Waals surface area contributed by atoms with Crippen molar-refractivity contribution in [3.8, 4) is 0 Å². The number of rotatable bonds is 6. The average molecular weight is 296 g/mol. The molecule has 1 aliphatic rings. The Morgan fingerprint density at radius 2 is 2.30 bits per heavy atom. The van der Waals surface area contributed by atoms with E-state index in [-0.39, 0.29) is 23.8 Å². The fraction of sp³-hybridized carbons (Fsp3) is 0.667. The van der Waals surface area contributed by atoms with Crippen LogP contribution in [0.25, 0.3) is 0 Å². The minimum absolute atomic E-state index is 0.0999. The van der Waals surface area contributed by atoms with Crippen LogP contribution in [0.2, 0.25) is 0 Å². The van der Waals surface area contributed by atoms with Crippen molar-refractivity contribution in [2.45, 2.75) is 26.2 Å². The number of aliphatic hydroxyl groups excluding tert-OH is 1. The molecule has 0 bridgehead atoms. The second-order valence-electron chi connectivity index (χ2n) is 5.85. The maximum Gasteiger partial charge on any atom is 0.226 e. The Balaban J connectivity index is 1.81. The number of amides is 1. The van der Waals surface area contributed by atoms with Crippen LogP contribution in [0.3, 0.4) is 0 Å². The number of hydrogen-bond donors (Lipinski definition) is 3.